The first-order chi connectivity index (χ1) is 6.75. The fourth-order valence-electron chi connectivity index (χ4n) is 1.23. The van der Waals surface area contributed by atoms with E-state index >= 15 is 0 Å². The summed E-state index contributed by atoms with van der Waals surface area (Å²) in [6.07, 6.45) is 6.79. The van der Waals surface area contributed by atoms with E-state index in [-0.39, 0.29) is 5.78 Å². The van der Waals surface area contributed by atoms with Crippen LogP contribution in [0.1, 0.15) is 16.1 Å². The molecule has 0 fully saturated rings. The second kappa shape index (κ2) is 3.49. The Bertz CT molecular complexity index is 429. The van der Waals surface area contributed by atoms with Gasteiger partial charge in [-0.25, -0.2) is 4.98 Å². The van der Waals surface area contributed by atoms with Gasteiger partial charge in [0.25, 0.3) is 0 Å². The number of nitrogens with zero attached hydrogens (tertiary/aromatic N) is 2. The third-order valence-electron chi connectivity index (χ3n) is 1.94. The Kier molecular flexibility index (Phi) is 2.18. The van der Waals surface area contributed by atoms with Crippen LogP contribution in [0.5, 0.6) is 0 Å². The number of ketones is 1. The number of imidazole rings is 1. The minimum atomic E-state index is 0.00648. The number of carbonyl (C=O) groups is 1. The van der Waals surface area contributed by atoms with Gasteiger partial charge < -0.3 is 8.98 Å². The first kappa shape index (κ1) is 8.74. The van der Waals surface area contributed by atoms with Gasteiger partial charge in [-0.1, -0.05) is 0 Å². The van der Waals surface area contributed by atoms with Crippen LogP contribution in [0.3, 0.4) is 0 Å². The molecule has 0 unspecified atom stereocenters. The zero-order valence-electron chi connectivity index (χ0n) is 7.80. The maximum absolute atomic E-state index is 11.6. The molecule has 0 saturated heterocycles. The van der Waals surface area contributed by atoms with Gasteiger partial charge in [0.1, 0.15) is 5.69 Å². The fraction of sp³-hybridized carbons (Fsp3) is 0.200. The molecule has 0 aliphatic rings. The molecule has 4 nitrogen and oxygen atoms in total. The molecule has 4 heteroatoms. The van der Waals surface area contributed by atoms with Crippen LogP contribution in [0.15, 0.2) is 35.5 Å². The van der Waals surface area contributed by atoms with Crippen molar-refractivity contribution in [2.45, 2.75) is 6.42 Å². The lowest BCUT2D eigenvalue weighted by atomic mass is 10.1. The summed E-state index contributed by atoms with van der Waals surface area (Å²) in [6, 6.07) is 1.78. The van der Waals surface area contributed by atoms with Gasteiger partial charge in [-0.05, 0) is 11.6 Å². The zero-order chi connectivity index (χ0) is 9.97. The molecule has 72 valence electrons. The largest absolute Gasteiger partial charge is 0.472 e. The first-order valence-electron chi connectivity index (χ1n) is 4.28. The summed E-state index contributed by atoms with van der Waals surface area (Å²) in [5, 5.41) is 0. The van der Waals surface area contributed by atoms with Crippen molar-refractivity contribution in [2.24, 2.45) is 7.05 Å². The van der Waals surface area contributed by atoms with Gasteiger partial charge >= 0.3 is 0 Å². The second-order valence-electron chi connectivity index (χ2n) is 3.16. The van der Waals surface area contributed by atoms with E-state index in [0.717, 1.165) is 5.56 Å². The molecule has 14 heavy (non-hydrogen) atoms. The highest BCUT2D eigenvalue weighted by atomic mass is 16.3. The molecule has 2 rings (SSSR count). The molecule has 2 aromatic heterocycles. The summed E-state index contributed by atoms with van der Waals surface area (Å²) in [5.41, 5.74) is 1.37. The van der Waals surface area contributed by atoms with Crippen LogP contribution < -0.4 is 0 Å². The van der Waals surface area contributed by atoms with Gasteiger partial charge in [-0.3, -0.25) is 4.79 Å². The Morgan fingerprint density at radius 1 is 1.64 bits per heavy atom. The molecule has 0 aliphatic heterocycles. The SMILES string of the molecule is Cn1cnc(C(=O)Cc2ccoc2)c1. The monoisotopic (exact) mass is 190 g/mol. The molecule has 0 N–H and O–H groups in total. The van der Waals surface area contributed by atoms with Gasteiger partial charge in [-0.2, -0.15) is 0 Å². The van der Waals surface area contributed by atoms with E-state index < -0.39 is 0 Å². The van der Waals surface area contributed by atoms with E-state index in [1.165, 1.54) is 0 Å². The predicted molar refractivity (Wildman–Crippen MR) is 50.0 cm³/mol. The molecular weight excluding hydrogens is 180 g/mol. The smallest absolute Gasteiger partial charge is 0.187 e. The van der Waals surface area contributed by atoms with Gasteiger partial charge in [-0.15, -0.1) is 0 Å². The summed E-state index contributed by atoms with van der Waals surface area (Å²) < 4.78 is 6.63. The third kappa shape index (κ3) is 1.74. The number of hydrogen-bond donors (Lipinski definition) is 0. The van der Waals surface area contributed by atoms with Crippen molar-refractivity contribution in [3.63, 3.8) is 0 Å². The van der Waals surface area contributed by atoms with Crippen molar-refractivity contribution < 1.29 is 9.21 Å². The van der Waals surface area contributed by atoms with Crippen LogP contribution in [0, 0.1) is 0 Å². The van der Waals surface area contributed by atoms with Gasteiger partial charge in [0.05, 0.1) is 18.9 Å². The maximum Gasteiger partial charge on any atom is 0.187 e. The van der Waals surface area contributed by atoms with Crippen molar-refractivity contribution in [1.29, 1.82) is 0 Å². The topological polar surface area (TPSA) is 48.0 Å². The molecule has 0 atom stereocenters. The Hall–Kier alpha value is -1.84. The number of hydrogen-bond acceptors (Lipinski definition) is 3. The van der Waals surface area contributed by atoms with E-state index in [4.69, 9.17) is 4.42 Å². The summed E-state index contributed by atoms with van der Waals surface area (Å²) >= 11 is 0. The van der Waals surface area contributed by atoms with E-state index in [1.54, 1.807) is 35.7 Å². The highest BCUT2D eigenvalue weighted by Gasteiger charge is 2.09. The highest BCUT2D eigenvalue weighted by Crippen LogP contribution is 2.05. The summed E-state index contributed by atoms with van der Waals surface area (Å²) in [5.74, 6) is 0.00648. The van der Waals surface area contributed by atoms with Crippen LogP contribution in [-0.4, -0.2) is 15.3 Å². The molecule has 0 spiro atoms. The average Bonchev–Trinajstić information content (AvgIpc) is 2.75. The third-order valence-corrected chi connectivity index (χ3v) is 1.94. The molecule has 0 radical (unpaired) electrons. The van der Waals surface area contributed by atoms with E-state index in [0.29, 0.717) is 12.1 Å². The lowest BCUT2D eigenvalue weighted by Gasteiger charge is -1.92. The Morgan fingerprint density at radius 2 is 2.50 bits per heavy atom. The maximum atomic E-state index is 11.6. The number of furan rings is 1. The Labute approximate surface area is 81.2 Å². The van der Waals surface area contributed by atoms with Crippen molar-refractivity contribution in [1.82, 2.24) is 9.55 Å². The fourth-order valence-corrected chi connectivity index (χ4v) is 1.23. The first-order valence-corrected chi connectivity index (χ1v) is 4.28. The molecule has 0 bridgehead atoms. The van der Waals surface area contributed by atoms with E-state index in [9.17, 15) is 4.79 Å². The van der Waals surface area contributed by atoms with Crippen molar-refractivity contribution >= 4 is 5.78 Å². The van der Waals surface area contributed by atoms with Crippen LogP contribution in [-0.2, 0) is 13.5 Å². The molecule has 0 amide bonds. The number of aromatic nitrogens is 2. The zero-order valence-corrected chi connectivity index (χ0v) is 7.80. The van der Waals surface area contributed by atoms with Crippen LogP contribution in [0.2, 0.25) is 0 Å². The molecule has 0 saturated carbocycles. The summed E-state index contributed by atoms with van der Waals surface area (Å²) in [6.45, 7) is 0. The lowest BCUT2D eigenvalue weighted by Crippen LogP contribution is -2.02. The molecule has 2 heterocycles. The van der Waals surface area contributed by atoms with Gasteiger partial charge in [0.2, 0.25) is 0 Å². The summed E-state index contributed by atoms with van der Waals surface area (Å²) in [7, 11) is 1.83. The lowest BCUT2D eigenvalue weighted by molar-refractivity contribution is 0.0988. The predicted octanol–water partition coefficient (Wildman–Crippen LogP) is 1.44. The van der Waals surface area contributed by atoms with Crippen molar-refractivity contribution in [2.75, 3.05) is 0 Å². The van der Waals surface area contributed by atoms with Gasteiger partial charge in [0, 0.05) is 19.7 Å². The molecule has 0 aliphatic carbocycles. The number of rotatable bonds is 3. The van der Waals surface area contributed by atoms with Crippen LogP contribution >= 0.6 is 0 Å². The van der Waals surface area contributed by atoms with Crippen LogP contribution in [0.4, 0.5) is 0 Å². The quantitative estimate of drug-likeness (QED) is 0.688. The summed E-state index contributed by atoms with van der Waals surface area (Å²) in [4.78, 5) is 15.6. The average molecular weight is 190 g/mol. The van der Waals surface area contributed by atoms with E-state index in [1.807, 2.05) is 7.05 Å². The highest BCUT2D eigenvalue weighted by molar-refractivity contribution is 5.95. The Balaban J connectivity index is 2.10. The van der Waals surface area contributed by atoms with Crippen molar-refractivity contribution in [3.8, 4) is 0 Å². The molecule has 2 aromatic rings. The van der Waals surface area contributed by atoms with Crippen molar-refractivity contribution in [3.05, 3.63) is 42.4 Å². The number of aryl methyl sites for hydroxylation is 1. The molecule has 0 aromatic carbocycles. The van der Waals surface area contributed by atoms with Crippen LogP contribution in [0.25, 0.3) is 0 Å². The number of carbonyl (C=O) groups excluding carboxylic acids is 1. The second-order valence-corrected chi connectivity index (χ2v) is 3.16. The number of Topliss-reactive ketones (excluding diaryl/α,β-unsaturated/α-hetero) is 1. The van der Waals surface area contributed by atoms with Gasteiger partial charge in [0.15, 0.2) is 5.78 Å². The minimum Gasteiger partial charge on any atom is -0.472 e. The standard InChI is InChI=1S/C10H10N2O2/c1-12-5-9(11-7-12)10(13)4-8-2-3-14-6-8/h2-3,5-7H,4H2,1H3. The Morgan fingerprint density at radius 3 is 3.07 bits per heavy atom. The minimum absolute atomic E-state index is 0.00648. The van der Waals surface area contributed by atoms with E-state index in [2.05, 4.69) is 4.98 Å². The normalized spacial score (nSPS) is 10.4. The molecular formula is C10H10N2O2.